The fourth-order valence-electron chi connectivity index (χ4n) is 3.38. The molecule has 0 radical (unpaired) electrons. The molecule has 8 heteroatoms. The summed E-state index contributed by atoms with van der Waals surface area (Å²) >= 11 is 1.76. The number of unbranched alkanes of at least 4 members (excludes halogenated alkanes) is 1. The van der Waals surface area contributed by atoms with Crippen LogP contribution in [-0.2, 0) is 28.9 Å². The molecule has 2 aromatic rings. The number of nitrogens with one attached hydrogen (secondary N) is 2. The van der Waals surface area contributed by atoms with E-state index in [4.69, 9.17) is 17.2 Å². The highest BCUT2D eigenvalue weighted by atomic mass is 32.1. The highest BCUT2D eigenvalue weighted by Gasteiger charge is 2.23. The Kier molecular flexibility index (Phi) is 12.0. The Labute approximate surface area is 195 Å². The van der Waals surface area contributed by atoms with Gasteiger partial charge in [0.25, 0.3) is 0 Å². The van der Waals surface area contributed by atoms with Gasteiger partial charge in [-0.15, -0.1) is 11.3 Å². The molecule has 0 saturated heterocycles. The molecule has 2 rings (SSSR count). The van der Waals surface area contributed by atoms with Crippen LogP contribution in [0, 0.1) is 0 Å². The average molecular weight is 460 g/mol. The molecule has 0 bridgehead atoms. The van der Waals surface area contributed by atoms with Crippen molar-refractivity contribution >= 4 is 23.2 Å². The second-order valence-electron chi connectivity index (χ2n) is 7.94. The maximum atomic E-state index is 12.9. The van der Waals surface area contributed by atoms with Gasteiger partial charge in [0.2, 0.25) is 11.8 Å². The Balaban J connectivity index is 1.91. The van der Waals surface area contributed by atoms with E-state index in [1.54, 1.807) is 11.3 Å². The van der Waals surface area contributed by atoms with E-state index in [1.165, 1.54) is 9.75 Å². The van der Waals surface area contributed by atoms with Crippen molar-refractivity contribution in [1.82, 2.24) is 10.6 Å². The number of aryl methyl sites for hydroxylation is 1. The van der Waals surface area contributed by atoms with Crippen molar-refractivity contribution in [3.63, 3.8) is 0 Å². The van der Waals surface area contributed by atoms with Crippen LogP contribution in [0.5, 0.6) is 0 Å². The van der Waals surface area contributed by atoms with Crippen LogP contribution >= 0.6 is 11.3 Å². The fourth-order valence-corrected chi connectivity index (χ4v) is 4.44. The van der Waals surface area contributed by atoms with E-state index >= 15 is 0 Å². The quantitative estimate of drug-likeness (QED) is 0.257. The van der Waals surface area contributed by atoms with Gasteiger partial charge in [-0.25, -0.2) is 0 Å². The van der Waals surface area contributed by atoms with Gasteiger partial charge in [0.1, 0.15) is 6.04 Å². The average Bonchev–Trinajstić information content (AvgIpc) is 3.25. The second-order valence-corrected chi connectivity index (χ2v) is 9.20. The van der Waals surface area contributed by atoms with Gasteiger partial charge in [-0.3, -0.25) is 9.59 Å². The number of hydrogen-bond acceptors (Lipinski definition) is 6. The Morgan fingerprint density at radius 2 is 1.56 bits per heavy atom. The smallest absolute Gasteiger partial charge is 0.242 e. The zero-order chi connectivity index (χ0) is 23.2. The molecule has 0 fully saturated rings. The molecule has 32 heavy (non-hydrogen) atoms. The summed E-state index contributed by atoms with van der Waals surface area (Å²) in [5, 5.41) is 5.83. The lowest BCUT2D eigenvalue weighted by Crippen LogP contribution is -2.52. The molecular formula is C24H37N5O2S. The number of hydrogen-bond donors (Lipinski definition) is 5. The van der Waals surface area contributed by atoms with Crippen LogP contribution in [0.2, 0.25) is 0 Å². The number of rotatable bonds is 15. The molecule has 0 saturated carbocycles. The summed E-state index contributed by atoms with van der Waals surface area (Å²) in [5.41, 5.74) is 18.1. The van der Waals surface area contributed by atoms with Crippen molar-refractivity contribution in [3.05, 3.63) is 57.8 Å². The molecule has 0 aliphatic heterocycles. The predicted octanol–water partition coefficient (Wildman–Crippen LogP) is 1.48. The van der Waals surface area contributed by atoms with Gasteiger partial charge in [0.15, 0.2) is 0 Å². The monoisotopic (exact) mass is 459 g/mol. The van der Waals surface area contributed by atoms with Gasteiger partial charge < -0.3 is 27.8 Å². The highest BCUT2D eigenvalue weighted by Crippen LogP contribution is 2.18. The molecule has 1 aromatic heterocycles. The summed E-state index contributed by atoms with van der Waals surface area (Å²) in [7, 11) is 0. The first-order chi connectivity index (χ1) is 15.5. The van der Waals surface area contributed by atoms with E-state index in [1.807, 2.05) is 30.3 Å². The molecule has 0 aliphatic carbocycles. The van der Waals surface area contributed by atoms with Gasteiger partial charge in [0, 0.05) is 22.7 Å². The number of carbonyl (C=O) groups excluding carboxylic acids is 2. The van der Waals surface area contributed by atoms with Crippen LogP contribution in [0.15, 0.2) is 42.5 Å². The van der Waals surface area contributed by atoms with Crippen molar-refractivity contribution in [2.45, 2.75) is 57.0 Å². The van der Waals surface area contributed by atoms with Gasteiger partial charge in [0.05, 0.1) is 6.04 Å². The van der Waals surface area contributed by atoms with Crippen molar-refractivity contribution in [2.75, 3.05) is 19.6 Å². The maximum absolute atomic E-state index is 12.9. The van der Waals surface area contributed by atoms with Crippen molar-refractivity contribution in [3.8, 4) is 0 Å². The van der Waals surface area contributed by atoms with E-state index < -0.39 is 12.1 Å². The minimum Gasteiger partial charge on any atom is -0.354 e. The zero-order valence-electron chi connectivity index (χ0n) is 18.7. The van der Waals surface area contributed by atoms with Crippen LogP contribution in [0.4, 0.5) is 0 Å². The topological polar surface area (TPSA) is 136 Å². The Morgan fingerprint density at radius 3 is 2.25 bits per heavy atom. The number of benzene rings is 1. The standard InChI is InChI=1S/C24H37N5O2S/c25-14-5-4-10-21(27)23(30)29-22(17-18-7-2-1-3-8-18)24(31)28-16-13-20-12-11-19(32-20)9-6-15-26/h1-3,7-8,11-12,21-22H,4-6,9-10,13-17,25-27H2,(H,28,31)(H,29,30)/t21-,22-/m1/s1. The third kappa shape index (κ3) is 9.48. The molecule has 8 N–H and O–H groups in total. The lowest BCUT2D eigenvalue weighted by molar-refractivity contribution is -0.129. The first-order valence-electron chi connectivity index (χ1n) is 11.4. The van der Waals surface area contributed by atoms with E-state index in [9.17, 15) is 9.59 Å². The Hall–Kier alpha value is -2.26. The molecule has 0 unspecified atom stereocenters. The van der Waals surface area contributed by atoms with Crippen LogP contribution in [0.25, 0.3) is 0 Å². The summed E-state index contributed by atoms with van der Waals surface area (Å²) in [5.74, 6) is -0.503. The van der Waals surface area contributed by atoms with Crippen molar-refractivity contribution < 1.29 is 9.59 Å². The van der Waals surface area contributed by atoms with Crippen molar-refractivity contribution in [1.29, 1.82) is 0 Å². The van der Waals surface area contributed by atoms with Crippen LogP contribution in [0.1, 0.15) is 41.0 Å². The minimum absolute atomic E-state index is 0.198. The largest absolute Gasteiger partial charge is 0.354 e. The number of nitrogens with two attached hydrogens (primary N) is 3. The van der Waals surface area contributed by atoms with Gasteiger partial charge >= 0.3 is 0 Å². The second kappa shape index (κ2) is 14.7. The van der Waals surface area contributed by atoms with E-state index in [0.29, 0.717) is 32.5 Å². The Morgan fingerprint density at radius 1 is 0.875 bits per heavy atom. The molecule has 1 aromatic carbocycles. The number of amides is 2. The molecule has 2 amide bonds. The van der Waals surface area contributed by atoms with E-state index in [-0.39, 0.29) is 11.8 Å². The van der Waals surface area contributed by atoms with E-state index in [0.717, 1.165) is 37.7 Å². The fraction of sp³-hybridized carbons (Fsp3) is 0.500. The lowest BCUT2D eigenvalue weighted by Gasteiger charge is -2.21. The first-order valence-corrected chi connectivity index (χ1v) is 12.2. The molecule has 1 heterocycles. The predicted molar refractivity (Wildman–Crippen MR) is 131 cm³/mol. The van der Waals surface area contributed by atoms with Gasteiger partial charge in [-0.05, 0) is 62.9 Å². The summed E-state index contributed by atoms with van der Waals surface area (Å²) in [6.45, 7) is 1.78. The van der Waals surface area contributed by atoms with Gasteiger partial charge in [-0.1, -0.05) is 36.8 Å². The molecular weight excluding hydrogens is 422 g/mol. The maximum Gasteiger partial charge on any atom is 0.242 e. The lowest BCUT2D eigenvalue weighted by atomic mass is 10.0. The van der Waals surface area contributed by atoms with E-state index in [2.05, 4.69) is 22.8 Å². The Bertz CT molecular complexity index is 812. The zero-order valence-corrected chi connectivity index (χ0v) is 19.5. The van der Waals surface area contributed by atoms with Crippen LogP contribution in [-0.4, -0.2) is 43.5 Å². The third-order valence-corrected chi connectivity index (χ3v) is 6.44. The van der Waals surface area contributed by atoms with Crippen LogP contribution < -0.4 is 27.8 Å². The summed E-state index contributed by atoms with van der Waals surface area (Å²) in [4.78, 5) is 28.0. The van der Waals surface area contributed by atoms with Crippen molar-refractivity contribution in [2.24, 2.45) is 17.2 Å². The molecule has 7 nitrogen and oxygen atoms in total. The minimum atomic E-state index is -0.672. The molecule has 2 atom stereocenters. The first kappa shape index (κ1) is 26.0. The molecule has 0 aliphatic rings. The third-order valence-electron chi connectivity index (χ3n) is 5.24. The summed E-state index contributed by atoms with van der Waals surface area (Å²) in [6, 6.07) is 12.6. The number of carbonyl (C=O) groups is 2. The van der Waals surface area contributed by atoms with Crippen LogP contribution in [0.3, 0.4) is 0 Å². The number of thiophene rings is 1. The SMILES string of the molecule is NCCCC[C@@H](N)C(=O)N[C@H](Cc1ccccc1)C(=O)NCCc1ccc(CCCN)s1. The van der Waals surface area contributed by atoms with Gasteiger partial charge in [-0.2, -0.15) is 0 Å². The molecule has 176 valence electrons. The normalized spacial score (nSPS) is 12.8. The highest BCUT2D eigenvalue weighted by molar-refractivity contribution is 7.11. The molecule has 0 spiro atoms. The summed E-state index contributed by atoms with van der Waals surface area (Å²) < 4.78 is 0. The summed E-state index contributed by atoms with van der Waals surface area (Å²) in [6.07, 6.45) is 5.30.